The Hall–Kier alpha value is -3.32. The summed E-state index contributed by atoms with van der Waals surface area (Å²) in [6, 6.07) is 14.6. The van der Waals surface area contributed by atoms with Crippen LogP contribution in [0.4, 0.5) is 0 Å². The Labute approximate surface area is 316 Å². The second kappa shape index (κ2) is 16.2. The number of rotatable bonds is 15. The molecular formula is C32H36Br2N6O11P2. The fourth-order valence-electron chi connectivity index (χ4n) is 6.21. The molecular weight excluding hydrogens is 866 g/mol. The highest BCUT2D eigenvalue weighted by molar-refractivity contribution is 9.10. The Morgan fingerprint density at radius 3 is 1.72 bits per heavy atom. The van der Waals surface area contributed by atoms with Crippen LogP contribution in [0.3, 0.4) is 0 Å². The van der Waals surface area contributed by atoms with Gasteiger partial charge in [0.05, 0.1) is 28.7 Å². The maximum absolute atomic E-state index is 14.0. The Balaban J connectivity index is 1.68. The van der Waals surface area contributed by atoms with E-state index in [1.54, 1.807) is 50.2 Å². The van der Waals surface area contributed by atoms with E-state index < -0.39 is 60.5 Å². The van der Waals surface area contributed by atoms with Crippen molar-refractivity contribution >= 4 is 69.1 Å². The Kier molecular flexibility index (Phi) is 12.5. The summed E-state index contributed by atoms with van der Waals surface area (Å²) < 4.78 is 34.6. The van der Waals surface area contributed by atoms with Crippen molar-refractivity contribution in [1.82, 2.24) is 30.6 Å². The SMILES string of the molecule is CC(C)CC(NCc1cc(Br)cc2[nH]c(=O)c(=O)[nH]c12)(C(OCc1ccccc1)C(NCc1cc(Br)cc2[nH]c(=O)c(=O)[nH]c12)P(=O)(O)O)P(=O)(O)O. The highest BCUT2D eigenvalue weighted by Crippen LogP contribution is 2.59. The molecule has 5 aromatic rings. The molecule has 3 unspecified atom stereocenters. The van der Waals surface area contributed by atoms with Gasteiger partial charge in [0.1, 0.15) is 17.2 Å². The van der Waals surface area contributed by atoms with Crippen LogP contribution in [0, 0.1) is 5.92 Å². The zero-order valence-electron chi connectivity index (χ0n) is 28.1. The van der Waals surface area contributed by atoms with Gasteiger partial charge in [-0.1, -0.05) is 76.0 Å². The molecule has 0 aliphatic rings. The molecule has 0 amide bonds. The summed E-state index contributed by atoms with van der Waals surface area (Å²) >= 11 is 6.68. The lowest BCUT2D eigenvalue weighted by molar-refractivity contribution is -0.0246. The molecule has 53 heavy (non-hydrogen) atoms. The topological polar surface area (TPSA) is 280 Å². The number of hydrogen-bond acceptors (Lipinski definition) is 9. The minimum absolute atomic E-state index is 0.145. The van der Waals surface area contributed by atoms with Crippen LogP contribution in [0.5, 0.6) is 0 Å². The predicted molar refractivity (Wildman–Crippen MR) is 205 cm³/mol. The van der Waals surface area contributed by atoms with E-state index in [9.17, 15) is 47.9 Å². The molecule has 0 aliphatic carbocycles. The largest absolute Gasteiger partial charge is 0.369 e. The molecule has 17 nitrogen and oxygen atoms in total. The van der Waals surface area contributed by atoms with Gasteiger partial charge in [-0.25, -0.2) is 0 Å². The standard InChI is InChI=1S/C32H36Br2N6O11P2/c1-16(2)12-32(53(48,49)50,36-14-19-9-21(34)11-23-25(19)40-30(44)28(42)38-23)26(51-15-17-6-4-3-5-7-17)31(52(45,46)47)35-13-18-8-20(33)10-22-24(18)39-29(43)27(41)37-22/h3-11,16,26,31,35-36H,12-15H2,1-2H3,(H,37,41)(H,38,42)(H,39,43)(H,40,44)(H2,45,46,47)(H2,48,49,50). The molecule has 0 spiro atoms. The van der Waals surface area contributed by atoms with Gasteiger partial charge in [-0.15, -0.1) is 0 Å². The molecule has 0 bridgehead atoms. The van der Waals surface area contributed by atoms with Crippen LogP contribution in [0.1, 0.15) is 37.0 Å². The van der Waals surface area contributed by atoms with Gasteiger partial charge in [-0.2, -0.15) is 0 Å². The van der Waals surface area contributed by atoms with E-state index in [0.29, 0.717) is 14.5 Å². The van der Waals surface area contributed by atoms with Gasteiger partial charge in [-0.3, -0.25) is 38.9 Å². The van der Waals surface area contributed by atoms with Crippen LogP contribution in [0.2, 0.25) is 0 Å². The maximum atomic E-state index is 14.0. The van der Waals surface area contributed by atoms with Crippen molar-refractivity contribution in [1.29, 1.82) is 0 Å². The second-order valence-electron chi connectivity index (χ2n) is 12.8. The van der Waals surface area contributed by atoms with E-state index >= 15 is 0 Å². The maximum Gasteiger partial charge on any atom is 0.348 e. The lowest BCUT2D eigenvalue weighted by Crippen LogP contribution is -2.62. The van der Waals surface area contributed by atoms with Crippen LogP contribution < -0.4 is 32.9 Å². The van der Waals surface area contributed by atoms with Gasteiger partial charge in [-0.05, 0) is 53.3 Å². The molecule has 10 N–H and O–H groups in total. The van der Waals surface area contributed by atoms with Crippen molar-refractivity contribution in [2.24, 2.45) is 5.92 Å². The number of benzene rings is 3. The number of ether oxygens (including phenoxy) is 1. The van der Waals surface area contributed by atoms with Crippen molar-refractivity contribution in [2.75, 3.05) is 0 Å². The van der Waals surface area contributed by atoms with Crippen molar-refractivity contribution < 1.29 is 33.4 Å². The molecule has 3 atom stereocenters. The minimum atomic E-state index is -5.50. The highest BCUT2D eigenvalue weighted by atomic mass is 79.9. The van der Waals surface area contributed by atoms with Crippen LogP contribution in [0.15, 0.2) is 82.7 Å². The number of nitrogens with one attached hydrogen (secondary N) is 6. The molecule has 5 rings (SSSR count). The summed E-state index contributed by atoms with van der Waals surface area (Å²) in [6.45, 7) is 2.24. The third-order valence-corrected chi connectivity index (χ3v) is 12.2. The van der Waals surface area contributed by atoms with Crippen LogP contribution in [0.25, 0.3) is 22.1 Å². The fraction of sp³-hybridized carbons (Fsp3) is 0.312. The predicted octanol–water partition coefficient (Wildman–Crippen LogP) is 3.16. The van der Waals surface area contributed by atoms with Gasteiger partial charge in [0.15, 0.2) is 0 Å². The van der Waals surface area contributed by atoms with Gasteiger partial charge in [0, 0.05) is 22.0 Å². The quantitative estimate of drug-likeness (QED) is 0.0535. The molecule has 0 aliphatic heterocycles. The van der Waals surface area contributed by atoms with Gasteiger partial charge >= 0.3 is 37.4 Å². The minimum Gasteiger partial charge on any atom is -0.369 e. The monoisotopic (exact) mass is 900 g/mol. The van der Waals surface area contributed by atoms with E-state index in [1.807, 2.05) is 0 Å². The number of H-pyrrole nitrogens is 4. The van der Waals surface area contributed by atoms with Gasteiger partial charge in [0.25, 0.3) is 0 Å². The lowest BCUT2D eigenvalue weighted by atomic mass is 9.96. The van der Waals surface area contributed by atoms with Crippen molar-refractivity contribution in [3.05, 3.63) is 122 Å². The van der Waals surface area contributed by atoms with Crippen LogP contribution in [-0.2, 0) is 33.6 Å². The molecule has 0 saturated carbocycles. The first-order chi connectivity index (χ1) is 24.8. The zero-order valence-corrected chi connectivity index (χ0v) is 33.0. The summed E-state index contributed by atoms with van der Waals surface area (Å²) in [7, 11) is -10.9. The number of fused-ring (bicyclic) bond motifs is 2. The number of aromatic amines is 4. The Morgan fingerprint density at radius 1 is 0.755 bits per heavy atom. The highest BCUT2D eigenvalue weighted by Gasteiger charge is 2.59. The number of aromatic nitrogens is 4. The third-order valence-electron chi connectivity index (χ3n) is 8.47. The summed E-state index contributed by atoms with van der Waals surface area (Å²) in [5.74, 6) is -2.59. The van der Waals surface area contributed by atoms with E-state index in [2.05, 4.69) is 62.4 Å². The molecule has 0 saturated heterocycles. The lowest BCUT2D eigenvalue weighted by Gasteiger charge is -2.45. The third kappa shape index (κ3) is 9.32. The first-order valence-corrected chi connectivity index (χ1v) is 20.8. The van der Waals surface area contributed by atoms with Crippen molar-refractivity contribution in [2.45, 2.75) is 57.1 Å². The summed E-state index contributed by atoms with van der Waals surface area (Å²) in [5, 5.41) is 3.17. The smallest absolute Gasteiger partial charge is 0.348 e. The molecule has 0 radical (unpaired) electrons. The van der Waals surface area contributed by atoms with E-state index in [-0.39, 0.29) is 59.3 Å². The van der Waals surface area contributed by atoms with Crippen molar-refractivity contribution in [3.8, 4) is 0 Å². The Bertz CT molecular complexity index is 2480. The second-order valence-corrected chi connectivity index (χ2v) is 18.3. The molecule has 2 aromatic heterocycles. The normalized spacial score (nSPS) is 14.8. The van der Waals surface area contributed by atoms with Gasteiger partial charge < -0.3 is 44.2 Å². The average Bonchev–Trinajstić information content (AvgIpc) is 3.05. The fourth-order valence-corrected chi connectivity index (χ4v) is 9.80. The zero-order chi connectivity index (χ0) is 38.9. The van der Waals surface area contributed by atoms with E-state index in [0.717, 1.165) is 0 Å². The van der Waals surface area contributed by atoms with E-state index in [1.165, 1.54) is 18.2 Å². The summed E-state index contributed by atoms with van der Waals surface area (Å²) in [5.41, 5.74) is -2.00. The number of halogens is 2. The molecule has 3 aromatic carbocycles. The summed E-state index contributed by atoms with van der Waals surface area (Å²) in [6.07, 6.45) is -2.34. The van der Waals surface area contributed by atoms with Crippen molar-refractivity contribution in [3.63, 3.8) is 0 Å². The van der Waals surface area contributed by atoms with Gasteiger partial charge in [0.2, 0.25) is 0 Å². The molecule has 0 fully saturated rings. The first-order valence-electron chi connectivity index (χ1n) is 15.9. The average molecular weight is 902 g/mol. The number of hydrogen-bond donors (Lipinski definition) is 10. The molecule has 2 heterocycles. The van der Waals surface area contributed by atoms with Crippen LogP contribution in [-0.4, -0.2) is 56.7 Å². The van der Waals surface area contributed by atoms with Crippen LogP contribution >= 0.6 is 47.1 Å². The summed E-state index contributed by atoms with van der Waals surface area (Å²) in [4.78, 5) is 103. The Morgan fingerprint density at radius 2 is 1.25 bits per heavy atom. The molecule has 21 heteroatoms. The molecule has 284 valence electrons. The first kappa shape index (κ1) is 40.9. The van der Waals surface area contributed by atoms with E-state index in [4.69, 9.17) is 4.74 Å².